The maximum Gasteiger partial charge on any atom is 0.490 e. The van der Waals surface area contributed by atoms with Gasteiger partial charge in [0.15, 0.2) is 41.2 Å². The molecule has 3 fully saturated rings. The minimum atomic E-state index is -6.32. The lowest BCUT2D eigenvalue weighted by molar-refractivity contribution is -0.646. The number of phosphoric ester groups is 3. The van der Waals surface area contributed by atoms with Crippen LogP contribution < -0.4 is 32.9 Å². The van der Waals surface area contributed by atoms with E-state index in [0.717, 1.165) is 41.6 Å². The molecule has 15 N–H and O–H groups in total. The predicted octanol–water partition coefficient (Wildman–Crippen LogP) is -3.44. The first kappa shape index (κ1) is 55.5. The van der Waals surface area contributed by atoms with Crippen LogP contribution in [0, 0.1) is 0 Å². The number of H-pyrrole nitrogens is 2. The van der Waals surface area contributed by atoms with E-state index in [4.69, 9.17) is 49.7 Å². The minimum absolute atomic E-state index is 0.0194. The third kappa shape index (κ3) is 10.7. The summed E-state index contributed by atoms with van der Waals surface area (Å²) in [5.74, 6) is -5.16. The number of anilines is 3. The molecule has 3 aliphatic rings. The summed E-state index contributed by atoms with van der Waals surface area (Å²) >= 11 is 0. The number of hydrogen-bond acceptors (Lipinski definition) is 28. The molecule has 38 nitrogen and oxygen atoms in total. The van der Waals surface area contributed by atoms with Gasteiger partial charge in [0.25, 0.3) is 23.0 Å². The number of phosphoric acid groups is 4. The Morgan fingerprint density at radius 3 is 1.92 bits per heavy atom. The highest BCUT2D eigenvalue weighted by molar-refractivity contribution is 7.66. The van der Waals surface area contributed by atoms with Crippen LogP contribution in [0.25, 0.3) is 33.5 Å². The Bertz CT molecular complexity index is 3530. The molecule has 0 bridgehead atoms. The highest BCUT2D eigenvalue weighted by Gasteiger charge is 2.63. The molecule has 0 radical (unpaired) electrons. The summed E-state index contributed by atoms with van der Waals surface area (Å²) in [5, 5.41) is 32.1. The van der Waals surface area contributed by atoms with Crippen LogP contribution in [-0.2, 0) is 71.0 Å². The highest BCUT2D eigenvalue weighted by Crippen LogP contribution is 2.68. The van der Waals surface area contributed by atoms with Crippen molar-refractivity contribution < 1.29 is 112 Å². The number of halogens is 2. The number of nitrogens with one attached hydrogen (secondary N) is 2. The number of ether oxygens (including phenoxy) is 4. The van der Waals surface area contributed by atoms with E-state index >= 15 is 8.78 Å². The molecule has 9 rings (SSSR count). The second-order valence-electron chi connectivity index (χ2n) is 16.6. The lowest BCUT2D eigenvalue weighted by Crippen LogP contribution is -2.39. The normalized spacial score (nSPS) is 30.0. The first-order valence-corrected chi connectivity index (χ1v) is 27.2. The summed E-state index contributed by atoms with van der Waals surface area (Å²) < 4.78 is 138. The first-order valence-electron chi connectivity index (χ1n) is 21.2. The number of aromatic nitrogens is 12. The number of aliphatic hydroxyl groups is 3. The molecule has 15 atom stereocenters. The summed E-state index contributed by atoms with van der Waals surface area (Å²) in [6.07, 6.45) is -17.0. The number of nitrogens with two attached hydrogens (primary N) is 3. The van der Waals surface area contributed by atoms with Crippen LogP contribution >= 0.6 is 31.3 Å². The van der Waals surface area contributed by atoms with Gasteiger partial charge in [-0.1, -0.05) is 0 Å². The van der Waals surface area contributed by atoms with Crippen molar-refractivity contribution in [3.8, 4) is 0 Å². The number of aliphatic hydroxyl groups excluding tert-OH is 3. The maximum absolute atomic E-state index is 15.4. The standard InChI is InChI=1S/C32H41F2N15O23P4/c1-46-9-49(24-15(46)26(54)45-31(37)43-24)29-32(33,34)20(52)12(69-29)5-66-75(59,60)72-76(61,62)71-74(57,58)65-4-11-18(19(63-2)28(68-11)47-7-40-13-21(35)38-6-39-22(13)47)70-73(55,56)64-3-10-16(50)17(51)27(67-10)48-8-41-14-23(48)42-30(36)44-25(14)53/h6-12,16-20,27-29,50-52H,3-5H2,1-2H3,(H11-,35,36,37,38,39,42,43,44,45,53,54,55,56,57,58,59,60,61,62)/p+1. The zero-order chi connectivity index (χ0) is 55.2. The minimum Gasteiger partial charge on any atom is -0.387 e. The van der Waals surface area contributed by atoms with E-state index in [0.29, 0.717) is 4.57 Å². The summed E-state index contributed by atoms with van der Waals surface area (Å²) in [5.41, 5.74) is 14.5. The number of rotatable bonds is 19. The maximum atomic E-state index is 15.4. The fourth-order valence-electron chi connectivity index (χ4n) is 8.28. The van der Waals surface area contributed by atoms with Crippen LogP contribution in [0.4, 0.5) is 26.5 Å². The Balaban J connectivity index is 0.867. The van der Waals surface area contributed by atoms with Gasteiger partial charge in [-0.05, 0) is 0 Å². The number of imidazole rings is 3. The molecule has 0 spiro atoms. The van der Waals surface area contributed by atoms with Gasteiger partial charge in [-0.2, -0.15) is 31.9 Å². The molecule has 3 aliphatic heterocycles. The van der Waals surface area contributed by atoms with Gasteiger partial charge >= 0.3 is 42.8 Å². The largest absolute Gasteiger partial charge is 0.490 e. The molecule has 6 aromatic rings. The number of aromatic amines is 2. The summed E-state index contributed by atoms with van der Waals surface area (Å²) in [6.45, 7) is -3.81. The molecule has 0 saturated carbocycles. The molecule has 0 aliphatic carbocycles. The molecule has 416 valence electrons. The van der Waals surface area contributed by atoms with E-state index in [-0.39, 0.29) is 39.6 Å². The van der Waals surface area contributed by atoms with E-state index in [2.05, 4.69) is 53.0 Å². The van der Waals surface area contributed by atoms with Gasteiger partial charge in [-0.15, -0.1) is 0 Å². The average Bonchev–Trinajstić information content (AvgIpc) is 4.16. The van der Waals surface area contributed by atoms with Crippen LogP contribution in [0.1, 0.15) is 18.7 Å². The lowest BCUT2D eigenvalue weighted by atomic mass is 10.1. The Hall–Kier alpha value is -5.25. The number of nitrogens with zero attached hydrogens (tertiary/aromatic N) is 10. The van der Waals surface area contributed by atoms with Crippen molar-refractivity contribution in [3.63, 3.8) is 0 Å². The van der Waals surface area contributed by atoms with Gasteiger partial charge in [-0.3, -0.25) is 46.8 Å². The Kier molecular flexibility index (Phi) is 14.8. The molecular weight excluding hydrogens is 1120 g/mol. The fourth-order valence-corrected chi connectivity index (χ4v) is 12.8. The van der Waals surface area contributed by atoms with Crippen molar-refractivity contribution in [2.45, 2.75) is 73.4 Å². The van der Waals surface area contributed by atoms with Crippen molar-refractivity contribution in [2.75, 3.05) is 44.1 Å². The van der Waals surface area contributed by atoms with Crippen LogP contribution in [-0.4, -0.2) is 170 Å². The molecule has 76 heavy (non-hydrogen) atoms. The molecular formula is C32H42F2N15O23P4+. The van der Waals surface area contributed by atoms with E-state index in [1.807, 2.05) is 0 Å². The van der Waals surface area contributed by atoms with Gasteiger partial charge in [0.2, 0.25) is 18.2 Å². The smallest absolute Gasteiger partial charge is 0.387 e. The molecule has 6 aromatic heterocycles. The fraction of sp³-hybridized carbons (Fsp3) is 0.531. The van der Waals surface area contributed by atoms with Gasteiger partial charge in [0, 0.05) is 7.11 Å². The molecule has 0 aromatic carbocycles. The summed E-state index contributed by atoms with van der Waals surface area (Å²) in [7, 11) is -21.5. The zero-order valence-corrected chi connectivity index (χ0v) is 41.8. The summed E-state index contributed by atoms with van der Waals surface area (Å²) in [6, 6.07) is 0. The van der Waals surface area contributed by atoms with Gasteiger partial charge in [-0.25, -0.2) is 42.8 Å². The van der Waals surface area contributed by atoms with Crippen molar-refractivity contribution in [2.24, 2.45) is 7.05 Å². The zero-order valence-electron chi connectivity index (χ0n) is 38.2. The van der Waals surface area contributed by atoms with Gasteiger partial charge < -0.3 is 71.0 Å². The number of hydrogen-bond donors (Lipinski definition) is 12. The van der Waals surface area contributed by atoms with Crippen molar-refractivity contribution >= 4 is 82.5 Å². The Morgan fingerprint density at radius 1 is 0.697 bits per heavy atom. The number of fused-ring (bicyclic) bond motifs is 3. The third-order valence-electron chi connectivity index (χ3n) is 11.6. The number of aryl methyl sites for hydroxylation is 1. The van der Waals surface area contributed by atoms with Gasteiger partial charge in [0.1, 0.15) is 54.6 Å². The molecule has 0 amide bonds. The Morgan fingerprint density at radius 2 is 1.26 bits per heavy atom. The van der Waals surface area contributed by atoms with Crippen LogP contribution in [0.5, 0.6) is 0 Å². The molecule has 9 heterocycles. The van der Waals surface area contributed by atoms with Crippen molar-refractivity contribution in [1.29, 1.82) is 0 Å². The van der Waals surface area contributed by atoms with Crippen LogP contribution in [0.3, 0.4) is 0 Å². The number of nitrogen functional groups attached to an aromatic ring is 3. The van der Waals surface area contributed by atoms with E-state index in [9.17, 15) is 62.7 Å². The van der Waals surface area contributed by atoms with E-state index in [1.54, 1.807) is 0 Å². The molecule has 44 heteroatoms. The second-order valence-corrected chi connectivity index (χ2v) is 22.6. The predicted molar refractivity (Wildman–Crippen MR) is 238 cm³/mol. The molecule has 3 saturated heterocycles. The summed E-state index contributed by atoms with van der Waals surface area (Å²) in [4.78, 5) is 95.0. The van der Waals surface area contributed by atoms with Crippen LogP contribution in [0.2, 0.25) is 0 Å². The van der Waals surface area contributed by atoms with Crippen LogP contribution in [0.15, 0.2) is 34.9 Å². The average molecular weight is 1170 g/mol. The molecule has 15 unspecified atom stereocenters. The first-order chi connectivity index (χ1) is 35.5. The number of methoxy groups -OCH3 is 1. The SMILES string of the molecule is COC1C(OP(=O)(O)OCC2OC(n3cnc4c(=O)[nH]c(N)nc43)C(O)C2O)C(COP(=O)(O)OP(=O)(O)OP(=O)(O)OCC2OC(n3c[n+](C)c4c(=O)[nH]c(N)nc43)C(F)(F)C2O)OC1n1cnc2c(N)ncnc21. The van der Waals surface area contributed by atoms with E-state index < -0.39 is 147 Å². The third-order valence-corrected chi connectivity index (χ3v) is 16.8. The monoisotopic (exact) mass is 1170 g/mol. The Labute approximate surface area is 418 Å². The van der Waals surface area contributed by atoms with Crippen molar-refractivity contribution in [1.82, 2.24) is 53.6 Å². The quantitative estimate of drug-likeness (QED) is 0.0277. The van der Waals surface area contributed by atoms with Gasteiger partial charge in [0.05, 0.1) is 39.5 Å². The highest BCUT2D eigenvalue weighted by atomic mass is 31.3. The van der Waals surface area contributed by atoms with E-state index in [1.165, 1.54) is 11.6 Å². The van der Waals surface area contributed by atoms with Crippen molar-refractivity contribution in [3.05, 3.63) is 46.0 Å². The lowest BCUT2D eigenvalue weighted by Gasteiger charge is -2.26. The number of alkyl halides is 2. The topological polar surface area (TPSA) is 542 Å². The second kappa shape index (κ2) is 20.2.